The molecule has 1 aromatic heterocycles. The third-order valence-electron chi connectivity index (χ3n) is 4.63. The van der Waals surface area contributed by atoms with Gasteiger partial charge in [-0.05, 0) is 43.3 Å². The maximum Gasteiger partial charge on any atom is 0.501 e. The monoisotopic (exact) mass is 539 g/mol. The number of halogens is 7. The van der Waals surface area contributed by atoms with Crippen molar-refractivity contribution in [2.75, 3.05) is 0 Å². The van der Waals surface area contributed by atoms with Gasteiger partial charge in [-0.15, -0.1) is 0 Å². The number of nitriles is 1. The van der Waals surface area contributed by atoms with Gasteiger partial charge in [0.2, 0.25) is 0 Å². The summed E-state index contributed by atoms with van der Waals surface area (Å²) in [6.07, 6.45) is -4.69. The number of carbonyl (C=O) groups excluding carboxylic acids is 1. The lowest BCUT2D eigenvalue weighted by molar-refractivity contribution is -0.137. The zero-order valence-corrected chi connectivity index (χ0v) is 18.8. The first-order valence-electron chi connectivity index (χ1n) is 9.24. The van der Waals surface area contributed by atoms with Crippen molar-refractivity contribution in [3.63, 3.8) is 0 Å². The molecule has 1 amide bonds. The van der Waals surface area contributed by atoms with Crippen LogP contribution < -0.4 is 5.32 Å². The number of fused-ring (bicyclic) bond motifs is 1. The quantitative estimate of drug-likeness (QED) is 0.488. The summed E-state index contributed by atoms with van der Waals surface area (Å²) < 4.78 is 99.8. The molecule has 3 rings (SSSR count). The summed E-state index contributed by atoms with van der Waals surface area (Å²) in [6.45, 7) is 0.798. The Morgan fingerprint density at radius 1 is 1.11 bits per heavy atom. The van der Waals surface area contributed by atoms with Crippen LogP contribution in [0.3, 0.4) is 0 Å². The zero-order valence-electron chi connectivity index (χ0n) is 17.2. The lowest BCUT2D eigenvalue weighted by Gasteiger charge is -2.22. The molecule has 0 fully saturated rings. The third-order valence-corrected chi connectivity index (χ3v) is 6.42. The fraction of sp³-hybridized carbons (Fsp3) is 0.263. The molecule has 0 aliphatic rings. The van der Waals surface area contributed by atoms with Crippen LogP contribution in [0.2, 0.25) is 5.02 Å². The van der Waals surface area contributed by atoms with Crippen LogP contribution in [0.5, 0.6) is 0 Å². The predicted molar refractivity (Wildman–Crippen MR) is 109 cm³/mol. The van der Waals surface area contributed by atoms with Crippen LogP contribution in [0.4, 0.5) is 26.3 Å². The Morgan fingerprint density at radius 2 is 1.71 bits per heavy atom. The standard InChI is InChI=1S/C19H12ClF6N5O3S/c1-17(8-27,9-31-29-14-7-11(18(21,22)23)6-13(20)15(14)30-31)28-16(32)10-2-4-12(5-3-10)35(33,34)19(24,25)26/h2-7H,9H2,1H3,(H,28,32). The number of benzene rings is 2. The first-order valence-corrected chi connectivity index (χ1v) is 11.1. The summed E-state index contributed by atoms with van der Waals surface area (Å²) in [5.41, 5.74) is -8.87. The molecule has 0 aliphatic carbocycles. The van der Waals surface area contributed by atoms with Gasteiger partial charge in [0.15, 0.2) is 0 Å². The fourth-order valence-electron chi connectivity index (χ4n) is 2.88. The Labute approximate surface area is 198 Å². The topological polar surface area (TPSA) is 118 Å². The third kappa shape index (κ3) is 5.33. The summed E-state index contributed by atoms with van der Waals surface area (Å²) in [6, 6.07) is 5.98. The van der Waals surface area contributed by atoms with Gasteiger partial charge >= 0.3 is 11.7 Å². The predicted octanol–water partition coefficient (Wildman–Crippen LogP) is 4.11. The minimum absolute atomic E-state index is 0.0762. The van der Waals surface area contributed by atoms with Gasteiger partial charge in [-0.3, -0.25) is 4.79 Å². The van der Waals surface area contributed by atoms with Crippen molar-refractivity contribution in [1.29, 1.82) is 5.26 Å². The first kappa shape index (κ1) is 26.2. The molecule has 16 heteroatoms. The fourth-order valence-corrected chi connectivity index (χ4v) is 3.90. The van der Waals surface area contributed by atoms with Crippen LogP contribution in [0.1, 0.15) is 22.8 Å². The van der Waals surface area contributed by atoms with E-state index >= 15 is 0 Å². The molecule has 0 bridgehead atoms. The lowest BCUT2D eigenvalue weighted by atomic mass is 10.0. The maximum atomic E-state index is 13.0. The van der Waals surface area contributed by atoms with Crippen molar-refractivity contribution in [2.45, 2.75) is 35.6 Å². The van der Waals surface area contributed by atoms with Crippen molar-refractivity contribution in [1.82, 2.24) is 20.3 Å². The van der Waals surface area contributed by atoms with Gasteiger partial charge < -0.3 is 5.32 Å². The number of alkyl halides is 6. The first-order chi connectivity index (χ1) is 16.0. The second-order valence-corrected chi connectivity index (χ2v) is 9.77. The zero-order chi connectivity index (χ0) is 26.4. The van der Waals surface area contributed by atoms with E-state index in [2.05, 4.69) is 15.5 Å². The molecule has 35 heavy (non-hydrogen) atoms. The molecule has 0 aliphatic heterocycles. The number of sulfone groups is 1. The molecule has 0 spiro atoms. The number of amides is 1. The van der Waals surface area contributed by atoms with E-state index in [0.29, 0.717) is 24.3 Å². The van der Waals surface area contributed by atoms with Crippen molar-refractivity contribution in [3.05, 3.63) is 52.5 Å². The number of nitrogens with zero attached hydrogens (tertiary/aromatic N) is 4. The molecule has 8 nitrogen and oxygen atoms in total. The maximum absolute atomic E-state index is 13.0. The van der Waals surface area contributed by atoms with E-state index in [0.717, 1.165) is 16.9 Å². The minimum atomic E-state index is -5.61. The summed E-state index contributed by atoms with van der Waals surface area (Å²) in [4.78, 5) is 12.3. The van der Waals surface area contributed by atoms with Gasteiger partial charge in [0.25, 0.3) is 15.7 Å². The Kier molecular flexibility index (Phi) is 6.51. The molecule has 0 radical (unpaired) electrons. The minimum Gasteiger partial charge on any atom is -0.332 e. The van der Waals surface area contributed by atoms with Crippen LogP contribution in [-0.4, -0.2) is 40.4 Å². The van der Waals surface area contributed by atoms with E-state index in [1.165, 1.54) is 6.92 Å². The summed E-state index contributed by atoms with van der Waals surface area (Å²) in [5.74, 6) is -0.945. The molecule has 1 unspecified atom stereocenters. The number of carbonyl (C=O) groups is 1. The lowest BCUT2D eigenvalue weighted by Crippen LogP contribution is -2.48. The Morgan fingerprint density at radius 3 is 2.23 bits per heavy atom. The summed E-state index contributed by atoms with van der Waals surface area (Å²) >= 11 is 5.86. The van der Waals surface area contributed by atoms with E-state index in [1.807, 2.05) is 0 Å². The van der Waals surface area contributed by atoms with Crippen LogP contribution in [0, 0.1) is 11.3 Å². The van der Waals surface area contributed by atoms with Gasteiger partial charge in [-0.1, -0.05) is 11.6 Å². The molecule has 0 saturated carbocycles. The molecule has 2 aromatic carbocycles. The van der Waals surface area contributed by atoms with Gasteiger partial charge in [-0.25, -0.2) is 8.42 Å². The molecular weight excluding hydrogens is 528 g/mol. The van der Waals surface area contributed by atoms with Crippen molar-refractivity contribution >= 4 is 38.4 Å². The van der Waals surface area contributed by atoms with Crippen molar-refractivity contribution in [2.24, 2.45) is 0 Å². The second-order valence-electron chi connectivity index (χ2n) is 7.43. The molecule has 0 saturated heterocycles. The Hall–Kier alpha value is -3.38. The van der Waals surface area contributed by atoms with Crippen molar-refractivity contribution < 1.29 is 39.6 Å². The van der Waals surface area contributed by atoms with Gasteiger partial charge in [0.05, 0.1) is 28.1 Å². The second kappa shape index (κ2) is 8.68. The summed E-state index contributed by atoms with van der Waals surface area (Å²) in [5, 5.41) is 19.3. The highest BCUT2D eigenvalue weighted by molar-refractivity contribution is 7.92. The van der Waals surface area contributed by atoms with Crippen LogP contribution >= 0.6 is 11.6 Å². The number of nitrogens with one attached hydrogen (secondary N) is 1. The molecule has 1 N–H and O–H groups in total. The SMILES string of the molecule is CC(C#N)(Cn1nc2cc(C(F)(F)F)cc(Cl)c2n1)NC(=O)c1ccc(S(=O)(=O)C(F)(F)F)cc1. The van der Waals surface area contributed by atoms with Crippen LogP contribution in [0.25, 0.3) is 11.0 Å². The largest absolute Gasteiger partial charge is 0.501 e. The molecule has 1 heterocycles. The highest BCUT2D eigenvalue weighted by Gasteiger charge is 2.46. The highest BCUT2D eigenvalue weighted by Crippen LogP contribution is 2.34. The number of aromatic nitrogens is 3. The van der Waals surface area contributed by atoms with Crippen LogP contribution in [-0.2, 0) is 22.6 Å². The van der Waals surface area contributed by atoms with Gasteiger partial charge in [-0.2, -0.15) is 46.6 Å². The molecule has 3 aromatic rings. The van der Waals surface area contributed by atoms with E-state index < -0.39 is 50.0 Å². The number of hydrogen-bond acceptors (Lipinski definition) is 6. The van der Waals surface area contributed by atoms with Gasteiger partial charge in [0, 0.05) is 5.56 Å². The average molecular weight is 540 g/mol. The number of rotatable bonds is 5. The van der Waals surface area contributed by atoms with Gasteiger partial charge in [0.1, 0.15) is 16.6 Å². The van der Waals surface area contributed by atoms with E-state index in [4.69, 9.17) is 11.6 Å². The number of hydrogen-bond donors (Lipinski definition) is 1. The Bertz CT molecular complexity index is 1450. The average Bonchev–Trinajstić information content (AvgIpc) is 3.15. The summed E-state index contributed by atoms with van der Waals surface area (Å²) in [7, 11) is -5.61. The van der Waals surface area contributed by atoms with Crippen LogP contribution in [0.15, 0.2) is 41.3 Å². The molecular formula is C19H12ClF6N5O3S. The highest BCUT2D eigenvalue weighted by atomic mass is 35.5. The molecule has 1 atom stereocenters. The smallest absolute Gasteiger partial charge is 0.332 e. The van der Waals surface area contributed by atoms with E-state index in [9.17, 15) is 44.8 Å². The normalized spacial score (nSPS) is 14.4. The van der Waals surface area contributed by atoms with Crippen molar-refractivity contribution in [3.8, 4) is 6.07 Å². The molecule has 186 valence electrons. The van der Waals surface area contributed by atoms with E-state index in [1.54, 1.807) is 6.07 Å². The Balaban J connectivity index is 1.83. The van der Waals surface area contributed by atoms with E-state index in [-0.39, 0.29) is 21.6 Å².